The Bertz CT molecular complexity index is 165. The Morgan fingerprint density at radius 3 is 2.38 bits per heavy atom. The maximum absolute atomic E-state index is 6.02. The summed E-state index contributed by atoms with van der Waals surface area (Å²) in [4.78, 5) is 2.21. The van der Waals surface area contributed by atoms with E-state index in [1.165, 1.54) is 12.8 Å². The van der Waals surface area contributed by atoms with Crippen LogP contribution in [0, 0.1) is 5.92 Å². The number of likely N-dealkylation sites (N-methyl/N-ethyl adjacent to an activating group) is 1. The number of rotatable bonds is 3. The first-order valence-corrected chi connectivity index (χ1v) is 5.28. The lowest BCUT2D eigenvalue weighted by Crippen LogP contribution is -2.30. The molecule has 1 saturated heterocycles. The zero-order valence-electron chi connectivity index (χ0n) is 9.63. The second-order valence-electron chi connectivity index (χ2n) is 4.95. The van der Waals surface area contributed by atoms with Crippen molar-refractivity contribution in [1.29, 1.82) is 0 Å². The normalized spacial score (nSPS) is 32.8. The molecule has 0 aromatic rings. The van der Waals surface area contributed by atoms with Gasteiger partial charge >= 0.3 is 0 Å². The van der Waals surface area contributed by atoms with Crippen molar-refractivity contribution in [2.75, 3.05) is 20.6 Å². The molecule has 0 amide bonds. The highest BCUT2D eigenvalue weighted by Crippen LogP contribution is 2.37. The van der Waals surface area contributed by atoms with Crippen molar-refractivity contribution >= 4 is 0 Å². The second kappa shape index (κ2) is 3.97. The van der Waals surface area contributed by atoms with E-state index in [-0.39, 0.29) is 5.60 Å². The van der Waals surface area contributed by atoms with Crippen molar-refractivity contribution in [1.82, 2.24) is 4.90 Å². The van der Waals surface area contributed by atoms with Gasteiger partial charge in [-0.3, -0.25) is 0 Å². The standard InChI is InChI=1S/C11H23NO/c1-6-9-7-10(8-12(4)5)13-11(9,2)3/h9-10H,6-8H2,1-5H3. The van der Waals surface area contributed by atoms with Crippen LogP contribution in [-0.2, 0) is 4.74 Å². The molecular weight excluding hydrogens is 162 g/mol. The average Bonchev–Trinajstić information content (AvgIpc) is 2.23. The first-order chi connectivity index (χ1) is 5.95. The highest BCUT2D eigenvalue weighted by Gasteiger charge is 2.40. The molecule has 1 aliphatic heterocycles. The first kappa shape index (κ1) is 11.0. The van der Waals surface area contributed by atoms with E-state index in [0.29, 0.717) is 6.10 Å². The maximum Gasteiger partial charge on any atom is 0.0712 e. The van der Waals surface area contributed by atoms with E-state index >= 15 is 0 Å². The van der Waals surface area contributed by atoms with E-state index in [0.717, 1.165) is 12.5 Å². The number of nitrogens with zero attached hydrogens (tertiary/aromatic N) is 1. The van der Waals surface area contributed by atoms with Crippen LogP contribution in [0.25, 0.3) is 0 Å². The van der Waals surface area contributed by atoms with Gasteiger partial charge in [0.15, 0.2) is 0 Å². The van der Waals surface area contributed by atoms with Crippen molar-refractivity contribution in [3.63, 3.8) is 0 Å². The largest absolute Gasteiger partial charge is 0.371 e. The van der Waals surface area contributed by atoms with E-state index in [4.69, 9.17) is 4.74 Å². The van der Waals surface area contributed by atoms with Crippen LogP contribution in [0.1, 0.15) is 33.6 Å². The first-order valence-electron chi connectivity index (χ1n) is 5.28. The summed E-state index contributed by atoms with van der Waals surface area (Å²) in [5.74, 6) is 0.734. The van der Waals surface area contributed by atoms with E-state index in [2.05, 4.69) is 39.8 Å². The smallest absolute Gasteiger partial charge is 0.0712 e. The molecule has 2 unspecified atom stereocenters. The summed E-state index contributed by atoms with van der Waals surface area (Å²) in [5.41, 5.74) is 0.0927. The van der Waals surface area contributed by atoms with Crippen LogP contribution in [0.2, 0.25) is 0 Å². The molecule has 78 valence electrons. The fourth-order valence-corrected chi connectivity index (χ4v) is 2.35. The Balaban J connectivity index is 2.49. The molecule has 0 aromatic carbocycles. The monoisotopic (exact) mass is 185 g/mol. The summed E-state index contributed by atoms with van der Waals surface area (Å²) in [6.45, 7) is 7.75. The van der Waals surface area contributed by atoms with Gasteiger partial charge in [0.2, 0.25) is 0 Å². The number of ether oxygens (including phenoxy) is 1. The van der Waals surface area contributed by atoms with Crippen LogP contribution in [0.3, 0.4) is 0 Å². The molecule has 0 radical (unpaired) electrons. The summed E-state index contributed by atoms with van der Waals surface area (Å²) in [5, 5.41) is 0. The molecule has 0 N–H and O–H groups in total. The molecule has 0 aliphatic carbocycles. The summed E-state index contributed by atoms with van der Waals surface area (Å²) in [6, 6.07) is 0. The van der Waals surface area contributed by atoms with Gasteiger partial charge in [-0.15, -0.1) is 0 Å². The van der Waals surface area contributed by atoms with Crippen LogP contribution in [0.4, 0.5) is 0 Å². The molecule has 2 atom stereocenters. The van der Waals surface area contributed by atoms with Gasteiger partial charge in [0.25, 0.3) is 0 Å². The maximum atomic E-state index is 6.02. The summed E-state index contributed by atoms with van der Waals surface area (Å²) >= 11 is 0. The molecule has 1 rings (SSSR count). The Morgan fingerprint density at radius 2 is 2.00 bits per heavy atom. The molecule has 13 heavy (non-hydrogen) atoms. The minimum atomic E-state index is 0.0927. The third-order valence-electron chi connectivity index (χ3n) is 3.06. The Kier molecular flexibility index (Phi) is 3.36. The Labute approximate surface area is 82.3 Å². The molecule has 1 aliphatic rings. The number of hydrogen-bond acceptors (Lipinski definition) is 2. The van der Waals surface area contributed by atoms with Gasteiger partial charge < -0.3 is 9.64 Å². The molecule has 0 saturated carbocycles. The predicted molar refractivity (Wildman–Crippen MR) is 55.9 cm³/mol. The van der Waals surface area contributed by atoms with Gasteiger partial charge in [-0.2, -0.15) is 0 Å². The molecule has 1 fully saturated rings. The molecule has 0 aromatic heterocycles. The van der Waals surface area contributed by atoms with Crippen LogP contribution < -0.4 is 0 Å². The Morgan fingerprint density at radius 1 is 1.38 bits per heavy atom. The van der Waals surface area contributed by atoms with E-state index < -0.39 is 0 Å². The quantitative estimate of drug-likeness (QED) is 0.668. The SMILES string of the molecule is CCC1CC(CN(C)C)OC1(C)C. The van der Waals surface area contributed by atoms with Crippen LogP contribution in [0.5, 0.6) is 0 Å². The fraction of sp³-hybridized carbons (Fsp3) is 1.00. The predicted octanol–water partition coefficient (Wildman–Crippen LogP) is 2.14. The second-order valence-corrected chi connectivity index (χ2v) is 4.95. The van der Waals surface area contributed by atoms with Crippen molar-refractivity contribution in [2.45, 2.75) is 45.3 Å². The van der Waals surface area contributed by atoms with Gasteiger partial charge in [-0.05, 0) is 40.3 Å². The van der Waals surface area contributed by atoms with E-state index in [9.17, 15) is 0 Å². The molecular formula is C11H23NO. The van der Waals surface area contributed by atoms with Gasteiger partial charge in [-0.25, -0.2) is 0 Å². The highest BCUT2D eigenvalue weighted by atomic mass is 16.5. The van der Waals surface area contributed by atoms with E-state index in [1.54, 1.807) is 0 Å². The highest BCUT2D eigenvalue weighted by molar-refractivity contribution is 4.89. The van der Waals surface area contributed by atoms with Crippen molar-refractivity contribution < 1.29 is 4.74 Å². The van der Waals surface area contributed by atoms with Crippen molar-refractivity contribution in [3.05, 3.63) is 0 Å². The minimum Gasteiger partial charge on any atom is -0.371 e. The lowest BCUT2D eigenvalue weighted by atomic mass is 9.88. The average molecular weight is 185 g/mol. The molecule has 2 nitrogen and oxygen atoms in total. The summed E-state index contributed by atoms with van der Waals surface area (Å²) < 4.78 is 6.02. The van der Waals surface area contributed by atoms with Crippen molar-refractivity contribution in [2.24, 2.45) is 5.92 Å². The van der Waals surface area contributed by atoms with Crippen LogP contribution in [0.15, 0.2) is 0 Å². The Hall–Kier alpha value is -0.0800. The number of hydrogen-bond donors (Lipinski definition) is 0. The lowest BCUT2D eigenvalue weighted by molar-refractivity contribution is -0.0386. The third kappa shape index (κ3) is 2.68. The van der Waals surface area contributed by atoms with Crippen molar-refractivity contribution in [3.8, 4) is 0 Å². The van der Waals surface area contributed by atoms with Gasteiger partial charge in [0.05, 0.1) is 11.7 Å². The van der Waals surface area contributed by atoms with E-state index in [1.807, 2.05) is 0 Å². The van der Waals surface area contributed by atoms with Gasteiger partial charge in [-0.1, -0.05) is 13.3 Å². The minimum absolute atomic E-state index is 0.0927. The molecule has 0 spiro atoms. The molecule has 1 heterocycles. The van der Waals surface area contributed by atoms with Crippen LogP contribution in [-0.4, -0.2) is 37.2 Å². The molecule has 2 heteroatoms. The third-order valence-corrected chi connectivity index (χ3v) is 3.06. The summed E-state index contributed by atoms with van der Waals surface area (Å²) in [7, 11) is 4.21. The topological polar surface area (TPSA) is 12.5 Å². The summed E-state index contributed by atoms with van der Waals surface area (Å²) in [6.07, 6.45) is 2.90. The zero-order chi connectivity index (χ0) is 10.1. The van der Waals surface area contributed by atoms with Crippen LogP contribution >= 0.6 is 0 Å². The van der Waals surface area contributed by atoms with Gasteiger partial charge in [0, 0.05) is 6.54 Å². The lowest BCUT2D eigenvalue weighted by Gasteiger charge is -2.25. The van der Waals surface area contributed by atoms with Gasteiger partial charge in [0.1, 0.15) is 0 Å². The molecule has 0 bridgehead atoms. The fourth-order valence-electron chi connectivity index (χ4n) is 2.35. The zero-order valence-corrected chi connectivity index (χ0v) is 9.63.